The van der Waals surface area contributed by atoms with Gasteiger partial charge in [0.2, 0.25) is 0 Å². The van der Waals surface area contributed by atoms with Crippen molar-refractivity contribution in [1.82, 2.24) is 5.32 Å². The lowest BCUT2D eigenvalue weighted by Crippen LogP contribution is -2.20. The zero-order chi connectivity index (χ0) is 19.5. The van der Waals surface area contributed by atoms with Crippen molar-refractivity contribution in [3.05, 3.63) is 57.6 Å². The summed E-state index contributed by atoms with van der Waals surface area (Å²) in [5.74, 6) is 1.46. The lowest BCUT2D eigenvalue weighted by Gasteiger charge is -2.16. The molecule has 0 heterocycles. The molecule has 148 valence electrons. The normalized spacial score (nSPS) is 10.8. The molecule has 0 saturated heterocycles. The molecule has 0 radical (unpaired) electrons. The fourth-order valence-electron chi connectivity index (χ4n) is 2.56. The molecule has 0 aliphatic heterocycles. The minimum Gasteiger partial charge on any atom is -0.490 e. The lowest BCUT2D eigenvalue weighted by atomic mass is 10.1. The summed E-state index contributed by atoms with van der Waals surface area (Å²) in [4.78, 5) is 0. The Morgan fingerprint density at radius 2 is 1.81 bits per heavy atom. The monoisotopic (exact) mass is 437 g/mol. The van der Waals surface area contributed by atoms with Gasteiger partial charge in [-0.1, -0.05) is 40.2 Å². The Hall–Kier alpha value is -1.60. The van der Waals surface area contributed by atoms with Crippen molar-refractivity contribution in [3.8, 4) is 11.5 Å². The number of aliphatic hydroxyl groups is 1. The molecule has 0 fully saturated rings. The van der Waals surface area contributed by atoms with Crippen molar-refractivity contribution in [1.29, 1.82) is 0 Å². The third-order valence-electron chi connectivity index (χ3n) is 4.03. The third-order valence-corrected chi connectivity index (χ3v) is 4.77. The molecule has 2 aromatic carbocycles. The van der Waals surface area contributed by atoms with Gasteiger partial charge in [0.15, 0.2) is 11.5 Å². The molecule has 27 heavy (non-hydrogen) atoms. The van der Waals surface area contributed by atoms with Crippen LogP contribution < -0.4 is 14.8 Å². The van der Waals surface area contributed by atoms with E-state index < -0.39 is 0 Å². The minimum absolute atomic E-state index is 0.0488. The number of benzene rings is 2. The molecule has 0 spiro atoms. The van der Waals surface area contributed by atoms with Crippen LogP contribution in [0.2, 0.25) is 0 Å². The standard InChI is InChI=1S/C21H28BrNO4/c1-3-26-20-12-18(14-23-8-10-25-11-9-24)19(22)13-21(20)27-15-17-7-5-4-6-16(17)2/h4-7,12-13,23-24H,3,8-11,14-15H2,1-2H3. The van der Waals surface area contributed by atoms with Gasteiger partial charge in [-0.25, -0.2) is 0 Å². The van der Waals surface area contributed by atoms with Gasteiger partial charge >= 0.3 is 0 Å². The van der Waals surface area contributed by atoms with Crippen molar-refractivity contribution in [3.63, 3.8) is 0 Å². The molecule has 2 N–H and O–H groups in total. The summed E-state index contributed by atoms with van der Waals surface area (Å²) in [5.41, 5.74) is 3.45. The SMILES string of the molecule is CCOc1cc(CNCCOCCO)c(Br)cc1OCc1ccccc1C. The van der Waals surface area contributed by atoms with Crippen molar-refractivity contribution >= 4 is 15.9 Å². The van der Waals surface area contributed by atoms with Crippen LogP contribution in [0, 0.1) is 6.92 Å². The van der Waals surface area contributed by atoms with Gasteiger partial charge in [-0.3, -0.25) is 0 Å². The number of hydrogen-bond donors (Lipinski definition) is 2. The van der Waals surface area contributed by atoms with Crippen LogP contribution in [-0.4, -0.2) is 38.1 Å². The fraction of sp³-hybridized carbons (Fsp3) is 0.429. The quantitative estimate of drug-likeness (QED) is 0.494. The molecular formula is C21H28BrNO4. The average molecular weight is 438 g/mol. The van der Waals surface area contributed by atoms with Crippen LogP contribution in [-0.2, 0) is 17.9 Å². The van der Waals surface area contributed by atoms with E-state index >= 15 is 0 Å². The molecule has 5 nitrogen and oxygen atoms in total. The molecule has 0 aliphatic rings. The summed E-state index contributed by atoms with van der Waals surface area (Å²) < 4.78 is 18.0. The van der Waals surface area contributed by atoms with Crippen LogP contribution in [0.15, 0.2) is 40.9 Å². The molecule has 0 atom stereocenters. The van der Waals surface area contributed by atoms with E-state index in [0.717, 1.165) is 27.1 Å². The summed E-state index contributed by atoms with van der Waals surface area (Å²) in [6, 6.07) is 12.2. The molecule has 0 aromatic heterocycles. The number of rotatable bonds is 12. The molecule has 0 saturated carbocycles. The smallest absolute Gasteiger partial charge is 0.162 e. The number of aryl methyl sites for hydroxylation is 1. The minimum atomic E-state index is 0.0488. The van der Waals surface area contributed by atoms with Crippen LogP contribution in [0.1, 0.15) is 23.6 Å². The van der Waals surface area contributed by atoms with Gasteiger partial charge in [0.05, 0.1) is 26.4 Å². The predicted molar refractivity (Wildman–Crippen MR) is 110 cm³/mol. The second-order valence-electron chi connectivity index (χ2n) is 6.05. The summed E-state index contributed by atoms with van der Waals surface area (Å²) in [7, 11) is 0. The Kier molecular flexibility index (Phi) is 9.62. The van der Waals surface area contributed by atoms with E-state index in [4.69, 9.17) is 19.3 Å². The zero-order valence-electron chi connectivity index (χ0n) is 16.0. The zero-order valence-corrected chi connectivity index (χ0v) is 17.5. The first-order valence-corrected chi connectivity index (χ1v) is 9.96. The topological polar surface area (TPSA) is 60.0 Å². The highest BCUT2D eigenvalue weighted by Gasteiger charge is 2.11. The van der Waals surface area contributed by atoms with E-state index in [9.17, 15) is 0 Å². The molecule has 2 aromatic rings. The highest BCUT2D eigenvalue weighted by Crippen LogP contribution is 2.34. The maximum atomic E-state index is 8.70. The first kappa shape index (κ1) is 21.7. The van der Waals surface area contributed by atoms with E-state index in [1.54, 1.807) is 0 Å². The summed E-state index contributed by atoms with van der Waals surface area (Å²) >= 11 is 3.63. The highest BCUT2D eigenvalue weighted by molar-refractivity contribution is 9.10. The van der Waals surface area contributed by atoms with Gasteiger partial charge in [-0.05, 0) is 42.7 Å². The molecular weight excluding hydrogens is 410 g/mol. The molecule has 0 bridgehead atoms. The number of hydrogen-bond acceptors (Lipinski definition) is 5. The van der Waals surface area contributed by atoms with E-state index in [2.05, 4.69) is 40.3 Å². The molecule has 0 amide bonds. The highest BCUT2D eigenvalue weighted by atomic mass is 79.9. The maximum Gasteiger partial charge on any atom is 0.162 e. The van der Waals surface area contributed by atoms with Crippen LogP contribution in [0.5, 0.6) is 11.5 Å². The maximum absolute atomic E-state index is 8.70. The van der Waals surface area contributed by atoms with Crippen molar-refractivity contribution in [2.24, 2.45) is 0 Å². The van der Waals surface area contributed by atoms with E-state index in [0.29, 0.717) is 39.5 Å². The second-order valence-corrected chi connectivity index (χ2v) is 6.91. The summed E-state index contributed by atoms with van der Waals surface area (Å²) in [6.07, 6.45) is 0. The molecule has 0 unspecified atom stereocenters. The number of halogens is 1. The number of nitrogens with one attached hydrogen (secondary N) is 1. The van der Waals surface area contributed by atoms with E-state index in [1.807, 2.05) is 31.2 Å². The van der Waals surface area contributed by atoms with Crippen molar-refractivity contribution in [2.45, 2.75) is 27.0 Å². The lowest BCUT2D eigenvalue weighted by molar-refractivity contribution is 0.0938. The Bertz CT molecular complexity index is 709. The molecule has 0 aliphatic carbocycles. The van der Waals surface area contributed by atoms with Crippen molar-refractivity contribution in [2.75, 3.05) is 33.0 Å². The van der Waals surface area contributed by atoms with E-state index in [-0.39, 0.29) is 6.61 Å². The second kappa shape index (κ2) is 12.0. The van der Waals surface area contributed by atoms with E-state index in [1.165, 1.54) is 5.56 Å². The van der Waals surface area contributed by atoms with Gasteiger partial charge in [-0.15, -0.1) is 0 Å². The van der Waals surface area contributed by atoms with Crippen LogP contribution in [0.4, 0.5) is 0 Å². The van der Waals surface area contributed by atoms with Gasteiger partial charge in [0, 0.05) is 17.6 Å². The summed E-state index contributed by atoms with van der Waals surface area (Å²) in [5, 5.41) is 12.0. The van der Waals surface area contributed by atoms with Gasteiger partial charge in [0.1, 0.15) is 6.61 Å². The van der Waals surface area contributed by atoms with Gasteiger partial charge in [0.25, 0.3) is 0 Å². The van der Waals surface area contributed by atoms with Gasteiger partial charge < -0.3 is 24.6 Å². The largest absolute Gasteiger partial charge is 0.490 e. The fourth-order valence-corrected chi connectivity index (χ4v) is 3.02. The number of ether oxygens (including phenoxy) is 3. The molecule has 6 heteroatoms. The Morgan fingerprint density at radius 1 is 1.04 bits per heavy atom. The first-order valence-electron chi connectivity index (χ1n) is 9.17. The van der Waals surface area contributed by atoms with Crippen LogP contribution in [0.25, 0.3) is 0 Å². The van der Waals surface area contributed by atoms with Gasteiger partial charge in [-0.2, -0.15) is 0 Å². The Morgan fingerprint density at radius 3 is 2.56 bits per heavy atom. The molecule has 2 rings (SSSR count). The summed E-state index contributed by atoms with van der Waals surface area (Å²) in [6.45, 7) is 7.49. The van der Waals surface area contributed by atoms with Crippen molar-refractivity contribution < 1.29 is 19.3 Å². The number of aliphatic hydroxyl groups excluding tert-OH is 1. The Labute approximate surface area is 169 Å². The Balaban J connectivity index is 2.00. The predicted octanol–water partition coefficient (Wildman–Crippen LogP) is 3.83. The van der Waals surface area contributed by atoms with Crippen LogP contribution in [0.3, 0.4) is 0 Å². The average Bonchev–Trinajstić information content (AvgIpc) is 2.66. The van der Waals surface area contributed by atoms with Crippen LogP contribution >= 0.6 is 15.9 Å². The first-order chi connectivity index (χ1) is 13.2. The third kappa shape index (κ3) is 7.14.